The summed E-state index contributed by atoms with van der Waals surface area (Å²) in [5.74, 6) is 0. The highest BCUT2D eigenvalue weighted by Crippen LogP contribution is 2.13. The van der Waals surface area contributed by atoms with Gasteiger partial charge in [0.2, 0.25) is 0 Å². The Morgan fingerprint density at radius 2 is 1.83 bits per heavy atom. The normalized spacial score (nSPS) is 12.3. The molecular formula is C16H19NO. The largest absolute Gasteiger partial charge is 0.296 e. The third-order valence-corrected chi connectivity index (χ3v) is 2.88. The van der Waals surface area contributed by atoms with E-state index in [-0.39, 0.29) is 6.04 Å². The Bertz CT molecular complexity index is 481. The Labute approximate surface area is 109 Å². The van der Waals surface area contributed by atoms with Crippen molar-refractivity contribution >= 4 is 0 Å². The van der Waals surface area contributed by atoms with Crippen molar-refractivity contribution in [2.75, 3.05) is 0 Å². The highest BCUT2D eigenvalue weighted by atomic mass is 16.6. The second-order valence-corrected chi connectivity index (χ2v) is 4.53. The second kappa shape index (κ2) is 6.34. The lowest BCUT2D eigenvalue weighted by atomic mass is 10.1. The molecule has 1 N–H and O–H groups in total. The molecule has 1 unspecified atom stereocenters. The lowest BCUT2D eigenvalue weighted by molar-refractivity contribution is 0.00697. The predicted molar refractivity (Wildman–Crippen MR) is 74.0 cm³/mol. The molecule has 0 aliphatic carbocycles. The number of hydrogen-bond acceptors (Lipinski definition) is 2. The Morgan fingerprint density at radius 1 is 1.06 bits per heavy atom. The molecule has 94 valence electrons. The van der Waals surface area contributed by atoms with Gasteiger partial charge in [0.25, 0.3) is 0 Å². The van der Waals surface area contributed by atoms with Crippen LogP contribution in [-0.4, -0.2) is 0 Å². The minimum Gasteiger partial charge on any atom is -0.296 e. The molecule has 0 aliphatic heterocycles. The first-order valence-corrected chi connectivity index (χ1v) is 6.23. The highest BCUT2D eigenvalue weighted by molar-refractivity contribution is 5.24. The van der Waals surface area contributed by atoms with Gasteiger partial charge in [0, 0.05) is 0 Å². The van der Waals surface area contributed by atoms with E-state index in [0.717, 1.165) is 0 Å². The number of benzene rings is 2. The van der Waals surface area contributed by atoms with Gasteiger partial charge in [-0.05, 0) is 25.0 Å². The Morgan fingerprint density at radius 3 is 2.56 bits per heavy atom. The SMILES string of the molecule is Cc1cccc(C(C)NOCc2ccccc2)c1. The maximum Gasteiger partial charge on any atom is 0.0933 e. The topological polar surface area (TPSA) is 21.3 Å². The zero-order chi connectivity index (χ0) is 12.8. The fourth-order valence-corrected chi connectivity index (χ4v) is 1.83. The number of hydroxylamine groups is 1. The van der Waals surface area contributed by atoms with Gasteiger partial charge in [0.05, 0.1) is 12.6 Å². The number of aryl methyl sites for hydroxylation is 1. The van der Waals surface area contributed by atoms with Crippen LogP contribution in [0.4, 0.5) is 0 Å². The van der Waals surface area contributed by atoms with Gasteiger partial charge < -0.3 is 0 Å². The molecule has 0 aliphatic rings. The Balaban J connectivity index is 1.83. The molecule has 2 aromatic rings. The Kier molecular flexibility index (Phi) is 4.51. The molecular weight excluding hydrogens is 222 g/mol. The van der Waals surface area contributed by atoms with E-state index in [0.29, 0.717) is 6.61 Å². The van der Waals surface area contributed by atoms with Crippen molar-refractivity contribution in [3.05, 3.63) is 71.3 Å². The summed E-state index contributed by atoms with van der Waals surface area (Å²) in [5, 5.41) is 0. The molecule has 0 saturated heterocycles. The fraction of sp³-hybridized carbons (Fsp3) is 0.250. The summed E-state index contributed by atoms with van der Waals surface area (Å²) < 4.78 is 0. The van der Waals surface area contributed by atoms with Crippen molar-refractivity contribution < 1.29 is 4.84 Å². The van der Waals surface area contributed by atoms with E-state index in [2.05, 4.69) is 55.7 Å². The van der Waals surface area contributed by atoms with Crippen LogP contribution in [0.5, 0.6) is 0 Å². The van der Waals surface area contributed by atoms with Gasteiger partial charge in [0.15, 0.2) is 0 Å². The summed E-state index contributed by atoms with van der Waals surface area (Å²) in [5.41, 5.74) is 6.75. The smallest absolute Gasteiger partial charge is 0.0933 e. The summed E-state index contributed by atoms with van der Waals surface area (Å²) in [6.45, 7) is 4.78. The average molecular weight is 241 g/mol. The van der Waals surface area contributed by atoms with Crippen LogP contribution in [0.2, 0.25) is 0 Å². The maximum absolute atomic E-state index is 5.53. The summed E-state index contributed by atoms with van der Waals surface area (Å²) >= 11 is 0. The minimum atomic E-state index is 0.189. The molecule has 2 rings (SSSR count). The van der Waals surface area contributed by atoms with Crippen LogP contribution in [0.1, 0.15) is 29.7 Å². The predicted octanol–water partition coefficient (Wildman–Crippen LogP) is 3.78. The van der Waals surface area contributed by atoms with Crippen LogP contribution in [0.15, 0.2) is 54.6 Å². The van der Waals surface area contributed by atoms with Gasteiger partial charge in [-0.2, -0.15) is 5.48 Å². The van der Waals surface area contributed by atoms with Gasteiger partial charge >= 0.3 is 0 Å². The number of hydrogen-bond donors (Lipinski definition) is 1. The monoisotopic (exact) mass is 241 g/mol. The molecule has 1 atom stereocenters. The van der Waals surface area contributed by atoms with E-state index < -0.39 is 0 Å². The highest BCUT2D eigenvalue weighted by Gasteiger charge is 2.04. The summed E-state index contributed by atoms with van der Waals surface area (Å²) in [4.78, 5) is 5.53. The Hall–Kier alpha value is -1.64. The van der Waals surface area contributed by atoms with Gasteiger partial charge in [-0.15, -0.1) is 0 Å². The standard InChI is InChI=1S/C16H19NO/c1-13-7-6-10-16(11-13)14(2)17-18-12-15-8-4-3-5-9-15/h3-11,14,17H,12H2,1-2H3. The van der Waals surface area contributed by atoms with Crippen molar-refractivity contribution in [1.29, 1.82) is 0 Å². The van der Waals surface area contributed by atoms with Crippen LogP contribution in [-0.2, 0) is 11.4 Å². The second-order valence-electron chi connectivity index (χ2n) is 4.53. The molecule has 0 fully saturated rings. The van der Waals surface area contributed by atoms with Crippen LogP contribution in [0.25, 0.3) is 0 Å². The average Bonchev–Trinajstić information content (AvgIpc) is 2.40. The van der Waals surface area contributed by atoms with Gasteiger partial charge in [-0.1, -0.05) is 60.2 Å². The molecule has 0 heterocycles. The first-order chi connectivity index (χ1) is 8.75. The van der Waals surface area contributed by atoms with E-state index >= 15 is 0 Å². The van der Waals surface area contributed by atoms with E-state index in [1.54, 1.807) is 0 Å². The van der Waals surface area contributed by atoms with Crippen molar-refractivity contribution in [3.63, 3.8) is 0 Å². The third kappa shape index (κ3) is 3.69. The first kappa shape index (κ1) is 12.8. The van der Waals surface area contributed by atoms with Crippen LogP contribution in [0, 0.1) is 6.92 Å². The summed E-state index contributed by atoms with van der Waals surface area (Å²) in [6, 6.07) is 18.8. The first-order valence-electron chi connectivity index (χ1n) is 6.23. The van der Waals surface area contributed by atoms with E-state index in [1.165, 1.54) is 16.7 Å². The van der Waals surface area contributed by atoms with Crippen LogP contribution < -0.4 is 5.48 Å². The fourth-order valence-electron chi connectivity index (χ4n) is 1.83. The van der Waals surface area contributed by atoms with Crippen LogP contribution >= 0.6 is 0 Å². The van der Waals surface area contributed by atoms with Crippen molar-refractivity contribution in [3.8, 4) is 0 Å². The number of rotatable bonds is 5. The zero-order valence-electron chi connectivity index (χ0n) is 10.9. The van der Waals surface area contributed by atoms with Crippen molar-refractivity contribution in [2.24, 2.45) is 0 Å². The summed E-state index contributed by atoms with van der Waals surface area (Å²) in [6.07, 6.45) is 0. The third-order valence-electron chi connectivity index (χ3n) is 2.88. The van der Waals surface area contributed by atoms with Gasteiger partial charge in [-0.25, -0.2) is 0 Å². The van der Waals surface area contributed by atoms with Crippen LogP contribution in [0.3, 0.4) is 0 Å². The summed E-state index contributed by atoms with van der Waals surface area (Å²) in [7, 11) is 0. The minimum absolute atomic E-state index is 0.189. The van der Waals surface area contributed by atoms with E-state index in [4.69, 9.17) is 4.84 Å². The molecule has 2 nitrogen and oxygen atoms in total. The molecule has 0 aromatic heterocycles. The molecule has 0 radical (unpaired) electrons. The van der Waals surface area contributed by atoms with Gasteiger partial charge in [0.1, 0.15) is 0 Å². The maximum atomic E-state index is 5.53. The lowest BCUT2D eigenvalue weighted by Crippen LogP contribution is -2.19. The van der Waals surface area contributed by atoms with Crippen molar-refractivity contribution in [1.82, 2.24) is 5.48 Å². The molecule has 0 spiro atoms. The quantitative estimate of drug-likeness (QED) is 0.804. The zero-order valence-corrected chi connectivity index (χ0v) is 10.9. The molecule has 18 heavy (non-hydrogen) atoms. The number of nitrogens with one attached hydrogen (secondary N) is 1. The van der Waals surface area contributed by atoms with E-state index in [9.17, 15) is 0 Å². The molecule has 2 aromatic carbocycles. The molecule has 0 bridgehead atoms. The lowest BCUT2D eigenvalue weighted by Gasteiger charge is -2.14. The molecule has 0 amide bonds. The molecule has 0 saturated carbocycles. The van der Waals surface area contributed by atoms with Crippen molar-refractivity contribution in [2.45, 2.75) is 26.5 Å². The molecule has 2 heteroatoms. The van der Waals surface area contributed by atoms with Gasteiger partial charge in [-0.3, -0.25) is 4.84 Å². The van der Waals surface area contributed by atoms with E-state index in [1.807, 2.05) is 18.2 Å².